The van der Waals surface area contributed by atoms with Crippen LogP contribution in [0.25, 0.3) is 10.8 Å². The lowest BCUT2D eigenvalue weighted by atomic mass is 9.75. The van der Waals surface area contributed by atoms with Gasteiger partial charge in [0.05, 0.1) is 5.56 Å². The molecule has 1 aliphatic rings. The third-order valence-electron chi connectivity index (χ3n) is 6.03. The van der Waals surface area contributed by atoms with E-state index in [1.54, 1.807) is 4.90 Å². The number of piperidine rings is 1. The highest BCUT2D eigenvalue weighted by Gasteiger charge is 2.37. The predicted octanol–water partition coefficient (Wildman–Crippen LogP) is 5.91. The van der Waals surface area contributed by atoms with E-state index in [9.17, 15) is 22.8 Å². The summed E-state index contributed by atoms with van der Waals surface area (Å²) in [5, 5.41) is 4.83. The van der Waals surface area contributed by atoms with E-state index >= 15 is 0 Å². The van der Waals surface area contributed by atoms with E-state index in [2.05, 4.69) is 5.32 Å². The number of carbonyl (C=O) groups excluding carboxylic acids is 2. The zero-order chi connectivity index (χ0) is 22.8. The van der Waals surface area contributed by atoms with Crippen molar-refractivity contribution in [2.24, 2.45) is 5.41 Å². The first kappa shape index (κ1) is 21.9. The normalized spacial score (nSPS) is 19.0. The van der Waals surface area contributed by atoms with Gasteiger partial charge in [0.25, 0.3) is 0 Å². The maximum absolute atomic E-state index is 12.8. The first-order valence-corrected chi connectivity index (χ1v) is 10.5. The molecule has 3 aromatic rings. The van der Waals surface area contributed by atoms with Crippen molar-refractivity contribution >= 4 is 28.8 Å². The summed E-state index contributed by atoms with van der Waals surface area (Å²) in [4.78, 5) is 26.6. The summed E-state index contributed by atoms with van der Waals surface area (Å²) in [6.45, 7) is 0.740. The quantitative estimate of drug-likeness (QED) is 0.513. The number of aldehydes is 1. The number of fused-ring (bicyclic) bond motifs is 1. The van der Waals surface area contributed by atoms with Gasteiger partial charge in [-0.05, 0) is 59.9 Å². The number of hydrogen-bond donors (Lipinski definition) is 1. The topological polar surface area (TPSA) is 49.4 Å². The van der Waals surface area contributed by atoms with Gasteiger partial charge in [0.15, 0.2) is 0 Å². The Balaban J connectivity index is 1.49. The van der Waals surface area contributed by atoms with Gasteiger partial charge in [-0.15, -0.1) is 0 Å². The lowest BCUT2D eigenvalue weighted by Gasteiger charge is -2.39. The number of urea groups is 1. The molecule has 1 heterocycles. The van der Waals surface area contributed by atoms with Crippen molar-refractivity contribution in [1.29, 1.82) is 0 Å². The fourth-order valence-electron chi connectivity index (χ4n) is 4.39. The van der Waals surface area contributed by atoms with E-state index in [4.69, 9.17) is 0 Å². The second kappa shape index (κ2) is 8.65. The maximum Gasteiger partial charge on any atom is 0.416 e. The van der Waals surface area contributed by atoms with Crippen LogP contribution in [0.5, 0.6) is 0 Å². The number of likely N-dealkylation sites (tertiary alicyclic amines) is 1. The SMILES string of the molecule is O=CC1(Cc2cccc3ccccc23)CCCN(C(=O)Nc2ccc(C(F)(F)F)cc2)C1. The minimum atomic E-state index is -4.43. The van der Waals surface area contributed by atoms with Crippen LogP contribution in [-0.2, 0) is 17.4 Å². The van der Waals surface area contributed by atoms with E-state index in [1.165, 1.54) is 12.1 Å². The van der Waals surface area contributed by atoms with Crippen LogP contribution in [0.15, 0.2) is 66.7 Å². The summed E-state index contributed by atoms with van der Waals surface area (Å²) in [5.74, 6) is 0. The summed E-state index contributed by atoms with van der Waals surface area (Å²) < 4.78 is 38.2. The Morgan fingerprint density at radius 1 is 1.03 bits per heavy atom. The highest BCUT2D eigenvalue weighted by molar-refractivity contribution is 5.90. The van der Waals surface area contributed by atoms with Crippen molar-refractivity contribution in [2.45, 2.75) is 25.4 Å². The standard InChI is InChI=1S/C25H23F3N2O2/c26-25(27,28)20-9-11-21(12-10-20)29-23(32)30-14-4-13-24(16-30,17-31)15-19-7-3-6-18-5-1-2-8-22(18)19/h1-3,5-12,17H,4,13-16H2,(H,29,32). The van der Waals surface area contributed by atoms with Crippen LogP contribution in [0.4, 0.5) is 23.7 Å². The highest BCUT2D eigenvalue weighted by Crippen LogP contribution is 2.35. The monoisotopic (exact) mass is 440 g/mol. The zero-order valence-corrected chi connectivity index (χ0v) is 17.4. The first-order chi connectivity index (χ1) is 15.3. The van der Waals surface area contributed by atoms with Gasteiger partial charge < -0.3 is 15.0 Å². The predicted molar refractivity (Wildman–Crippen MR) is 117 cm³/mol. The Bertz CT molecular complexity index is 1120. The summed E-state index contributed by atoms with van der Waals surface area (Å²) in [6, 6.07) is 17.9. The molecule has 1 N–H and O–H groups in total. The summed E-state index contributed by atoms with van der Waals surface area (Å²) in [6.07, 6.45) is -1.62. The smallest absolute Gasteiger partial charge is 0.324 e. The molecule has 3 aromatic carbocycles. The Labute approximate surface area is 184 Å². The van der Waals surface area contributed by atoms with Crippen LogP contribution in [0.3, 0.4) is 0 Å². The van der Waals surface area contributed by atoms with Gasteiger partial charge in [0, 0.05) is 24.2 Å². The van der Waals surface area contributed by atoms with Crippen molar-refractivity contribution < 1.29 is 22.8 Å². The molecule has 7 heteroatoms. The lowest BCUT2D eigenvalue weighted by Crippen LogP contribution is -2.49. The molecule has 0 aliphatic carbocycles. The van der Waals surface area contributed by atoms with Crippen molar-refractivity contribution in [1.82, 2.24) is 4.90 Å². The van der Waals surface area contributed by atoms with Gasteiger partial charge in [-0.3, -0.25) is 0 Å². The molecule has 0 spiro atoms. The number of alkyl halides is 3. The molecular weight excluding hydrogens is 417 g/mol. The van der Waals surface area contributed by atoms with Crippen molar-refractivity contribution in [3.05, 3.63) is 77.9 Å². The van der Waals surface area contributed by atoms with Crippen molar-refractivity contribution in [3.63, 3.8) is 0 Å². The number of carbonyl (C=O) groups is 2. The molecule has 1 unspecified atom stereocenters. The van der Waals surface area contributed by atoms with Crippen LogP contribution >= 0.6 is 0 Å². The van der Waals surface area contributed by atoms with Gasteiger partial charge in [-0.25, -0.2) is 4.79 Å². The highest BCUT2D eigenvalue weighted by atomic mass is 19.4. The third-order valence-corrected chi connectivity index (χ3v) is 6.03. The number of nitrogens with zero attached hydrogens (tertiary/aromatic N) is 1. The molecule has 1 atom stereocenters. The molecule has 4 rings (SSSR count). The van der Waals surface area contributed by atoms with E-state index in [0.29, 0.717) is 25.8 Å². The largest absolute Gasteiger partial charge is 0.416 e. The number of halogens is 3. The molecule has 1 fully saturated rings. The molecule has 166 valence electrons. The van der Waals surface area contributed by atoms with Crippen LogP contribution in [0, 0.1) is 5.41 Å². The van der Waals surface area contributed by atoms with Gasteiger partial charge in [-0.1, -0.05) is 42.5 Å². The van der Waals surface area contributed by atoms with Gasteiger partial charge in [0.2, 0.25) is 0 Å². The fraction of sp³-hybridized carbons (Fsp3) is 0.280. The average molecular weight is 440 g/mol. The number of rotatable bonds is 4. The van der Waals surface area contributed by atoms with Crippen LogP contribution < -0.4 is 5.32 Å². The zero-order valence-electron chi connectivity index (χ0n) is 17.4. The summed E-state index contributed by atoms with van der Waals surface area (Å²) in [5.41, 5.74) is -0.150. The second-order valence-corrected chi connectivity index (χ2v) is 8.33. The van der Waals surface area contributed by atoms with E-state index < -0.39 is 23.2 Å². The fourth-order valence-corrected chi connectivity index (χ4v) is 4.39. The molecule has 32 heavy (non-hydrogen) atoms. The molecule has 0 saturated carbocycles. The average Bonchev–Trinajstić information content (AvgIpc) is 2.79. The molecule has 1 saturated heterocycles. The molecule has 2 amide bonds. The molecule has 0 bridgehead atoms. The molecule has 0 radical (unpaired) electrons. The van der Waals surface area contributed by atoms with Gasteiger partial charge in [0.1, 0.15) is 6.29 Å². The minimum Gasteiger partial charge on any atom is -0.324 e. The second-order valence-electron chi connectivity index (χ2n) is 8.33. The Hall–Kier alpha value is -3.35. The van der Waals surface area contributed by atoms with Crippen LogP contribution in [-0.4, -0.2) is 30.3 Å². The molecular formula is C25H23F3N2O2. The van der Waals surface area contributed by atoms with Crippen LogP contribution in [0.1, 0.15) is 24.0 Å². The van der Waals surface area contributed by atoms with Gasteiger partial charge >= 0.3 is 12.2 Å². The summed E-state index contributed by atoms with van der Waals surface area (Å²) in [7, 11) is 0. The third kappa shape index (κ3) is 4.61. The lowest BCUT2D eigenvalue weighted by molar-refractivity contribution is -0.137. The van der Waals surface area contributed by atoms with Gasteiger partial charge in [-0.2, -0.15) is 13.2 Å². The minimum absolute atomic E-state index is 0.256. The maximum atomic E-state index is 12.8. The van der Waals surface area contributed by atoms with E-state index in [0.717, 1.165) is 34.8 Å². The number of hydrogen-bond acceptors (Lipinski definition) is 2. The Morgan fingerprint density at radius 2 is 1.75 bits per heavy atom. The Morgan fingerprint density at radius 3 is 2.47 bits per heavy atom. The summed E-state index contributed by atoms with van der Waals surface area (Å²) >= 11 is 0. The molecule has 1 aliphatic heterocycles. The van der Waals surface area contributed by atoms with Crippen molar-refractivity contribution in [2.75, 3.05) is 18.4 Å². The van der Waals surface area contributed by atoms with E-state index in [-0.39, 0.29) is 12.2 Å². The Kier molecular flexibility index (Phi) is 5.91. The number of nitrogens with one attached hydrogen (secondary N) is 1. The number of amides is 2. The number of benzene rings is 3. The van der Waals surface area contributed by atoms with E-state index in [1.807, 2.05) is 42.5 Å². The number of anilines is 1. The first-order valence-electron chi connectivity index (χ1n) is 10.5. The molecule has 4 nitrogen and oxygen atoms in total. The molecule has 0 aromatic heterocycles. The van der Waals surface area contributed by atoms with Crippen molar-refractivity contribution in [3.8, 4) is 0 Å². The van der Waals surface area contributed by atoms with Crippen LogP contribution in [0.2, 0.25) is 0 Å².